The first kappa shape index (κ1) is 22.5. The lowest BCUT2D eigenvalue weighted by molar-refractivity contribution is 0.0162. The summed E-state index contributed by atoms with van der Waals surface area (Å²) in [7, 11) is 0. The Morgan fingerprint density at radius 1 is 1.06 bits per heavy atom. The number of carbonyl (C=O) groups excluding carboxylic acids is 1. The van der Waals surface area contributed by atoms with Gasteiger partial charge in [-0.2, -0.15) is 5.10 Å². The van der Waals surface area contributed by atoms with Crippen LogP contribution in [0, 0.1) is 5.82 Å². The number of carbonyl (C=O) groups is 1. The molecule has 6 nitrogen and oxygen atoms in total. The lowest BCUT2D eigenvalue weighted by Gasteiger charge is -2.35. The van der Waals surface area contributed by atoms with Gasteiger partial charge in [0.25, 0.3) is 5.91 Å². The molecule has 2 aromatic carbocycles. The number of morpholine rings is 1. The van der Waals surface area contributed by atoms with Crippen LogP contribution in [0.1, 0.15) is 22.0 Å². The number of nitrogens with one attached hydrogen (secondary N) is 1. The van der Waals surface area contributed by atoms with E-state index in [9.17, 15) is 9.18 Å². The van der Waals surface area contributed by atoms with Crippen molar-refractivity contribution in [2.45, 2.75) is 6.04 Å². The Morgan fingerprint density at radius 3 is 2.53 bits per heavy atom. The van der Waals surface area contributed by atoms with Gasteiger partial charge in [0.1, 0.15) is 11.5 Å². The Labute approximate surface area is 201 Å². The zero-order chi connectivity index (χ0) is 23.3. The third-order valence-corrected chi connectivity index (χ3v) is 6.81. The minimum Gasteiger partial charge on any atom is -0.379 e. The number of benzene rings is 2. The maximum atomic E-state index is 13.5. The molecule has 3 heterocycles. The second-order valence-electron chi connectivity index (χ2n) is 8.07. The van der Waals surface area contributed by atoms with Crippen molar-refractivity contribution in [3.05, 3.63) is 95.3 Å². The van der Waals surface area contributed by atoms with Crippen molar-refractivity contribution in [1.29, 1.82) is 0 Å². The van der Waals surface area contributed by atoms with Crippen LogP contribution in [-0.4, -0.2) is 53.4 Å². The molecule has 0 saturated carbocycles. The average molecular weight is 477 g/mol. The molecule has 2 aromatic heterocycles. The first-order valence-corrected chi connectivity index (χ1v) is 12.1. The monoisotopic (exact) mass is 476 g/mol. The van der Waals surface area contributed by atoms with Crippen LogP contribution in [-0.2, 0) is 4.74 Å². The van der Waals surface area contributed by atoms with E-state index in [4.69, 9.17) is 9.84 Å². The van der Waals surface area contributed by atoms with Gasteiger partial charge < -0.3 is 10.1 Å². The van der Waals surface area contributed by atoms with E-state index < -0.39 is 0 Å². The summed E-state index contributed by atoms with van der Waals surface area (Å²) in [6, 6.07) is 20.1. The van der Waals surface area contributed by atoms with Gasteiger partial charge in [-0.3, -0.25) is 9.69 Å². The van der Waals surface area contributed by atoms with E-state index in [2.05, 4.69) is 10.2 Å². The molecule has 1 amide bonds. The number of thiophene rings is 1. The minimum atomic E-state index is -0.276. The van der Waals surface area contributed by atoms with E-state index in [1.54, 1.807) is 34.3 Å². The Morgan fingerprint density at radius 2 is 1.82 bits per heavy atom. The highest BCUT2D eigenvalue weighted by Gasteiger charge is 2.25. The molecular weight excluding hydrogens is 451 g/mol. The molecular formula is C26H25FN4O2S. The summed E-state index contributed by atoms with van der Waals surface area (Å²) in [5, 5.41) is 9.81. The van der Waals surface area contributed by atoms with E-state index >= 15 is 0 Å². The van der Waals surface area contributed by atoms with Crippen LogP contribution in [0.3, 0.4) is 0 Å². The fourth-order valence-electron chi connectivity index (χ4n) is 4.16. The van der Waals surface area contributed by atoms with Crippen molar-refractivity contribution in [3.63, 3.8) is 0 Å². The summed E-state index contributed by atoms with van der Waals surface area (Å²) in [5.41, 5.74) is 3.02. The van der Waals surface area contributed by atoms with E-state index in [0.717, 1.165) is 29.2 Å². The number of halogens is 1. The van der Waals surface area contributed by atoms with Gasteiger partial charge in [-0.1, -0.05) is 36.4 Å². The third-order valence-electron chi connectivity index (χ3n) is 5.93. The fourth-order valence-corrected chi connectivity index (χ4v) is 4.89. The van der Waals surface area contributed by atoms with Gasteiger partial charge in [0, 0.05) is 25.8 Å². The minimum absolute atomic E-state index is 0.0807. The Kier molecular flexibility index (Phi) is 6.80. The van der Waals surface area contributed by atoms with Crippen LogP contribution < -0.4 is 5.32 Å². The number of hydrogen-bond acceptors (Lipinski definition) is 5. The van der Waals surface area contributed by atoms with E-state index in [0.29, 0.717) is 31.0 Å². The summed E-state index contributed by atoms with van der Waals surface area (Å²) >= 11 is 1.55. The predicted molar refractivity (Wildman–Crippen MR) is 131 cm³/mol. The molecule has 1 aliphatic rings. The number of para-hydroxylation sites is 1. The quantitative estimate of drug-likeness (QED) is 0.425. The first-order valence-electron chi connectivity index (χ1n) is 11.2. The number of amides is 1. The van der Waals surface area contributed by atoms with Gasteiger partial charge >= 0.3 is 0 Å². The van der Waals surface area contributed by atoms with Crippen LogP contribution in [0.25, 0.3) is 16.3 Å². The molecule has 34 heavy (non-hydrogen) atoms. The normalized spacial score (nSPS) is 15.2. The lowest BCUT2D eigenvalue weighted by atomic mass is 10.0. The average Bonchev–Trinajstić information content (AvgIpc) is 3.57. The lowest BCUT2D eigenvalue weighted by Crippen LogP contribution is -2.43. The first-order chi connectivity index (χ1) is 16.7. The summed E-state index contributed by atoms with van der Waals surface area (Å²) in [6.07, 6.45) is 1.78. The third kappa shape index (κ3) is 4.94. The molecule has 0 bridgehead atoms. The Hall–Kier alpha value is -3.33. The smallest absolute Gasteiger partial charge is 0.255 e. The fraction of sp³-hybridized carbons (Fsp3) is 0.231. The standard InChI is InChI=1S/C26H25FN4O2S/c27-20-10-8-19(9-11-20)23(30-12-14-33-15-13-30)17-28-26(32)22-18-31(21-5-2-1-3-6-21)29-25(22)24-7-4-16-34-24/h1-11,16,18,23H,12-15,17H2,(H,28,32)/t23-/m1/s1. The maximum absolute atomic E-state index is 13.5. The highest BCUT2D eigenvalue weighted by Crippen LogP contribution is 2.28. The second-order valence-corrected chi connectivity index (χ2v) is 9.02. The molecule has 1 fully saturated rings. The van der Waals surface area contributed by atoms with Gasteiger partial charge in [-0.15, -0.1) is 11.3 Å². The number of ether oxygens (including phenoxy) is 1. The number of hydrogen-bond donors (Lipinski definition) is 1. The molecule has 5 rings (SSSR count). The molecule has 1 atom stereocenters. The molecule has 1 aliphatic heterocycles. The molecule has 8 heteroatoms. The van der Waals surface area contributed by atoms with Crippen LogP contribution in [0.2, 0.25) is 0 Å². The van der Waals surface area contributed by atoms with Crippen LogP contribution in [0.15, 0.2) is 78.3 Å². The summed E-state index contributed by atoms with van der Waals surface area (Å²) in [6.45, 7) is 3.18. The van der Waals surface area contributed by atoms with Gasteiger partial charge in [-0.25, -0.2) is 9.07 Å². The summed E-state index contributed by atoms with van der Waals surface area (Å²) in [5.74, 6) is -0.464. The van der Waals surface area contributed by atoms with Crippen molar-refractivity contribution < 1.29 is 13.9 Å². The van der Waals surface area contributed by atoms with Crippen molar-refractivity contribution in [2.24, 2.45) is 0 Å². The van der Waals surface area contributed by atoms with Gasteiger partial charge in [-0.05, 0) is 41.3 Å². The number of rotatable bonds is 7. The second kappa shape index (κ2) is 10.3. The van der Waals surface area contributed by atoms with Crippen molar-refractivity contribution in [3.8, 4) is 16.3 Å². The number of aromatic nitrogens is 2. The summed E-state index contributed by atoms with van der Waals surface area (Å²) in [4.78, 5) is 16.6. The topological polar surface area (TPSA) is 59.4 Å². The molecule has 0 unspecified atom stereocenters. The SMILES string of the molecule is O=C(NC[C@H](c1ccc(F)cc1)N1CCOCC1)c1cn(-c2ccccc2)nc1-c1cccs1. The molecule has 0 aliphatic carbocycles. The van der Waals surface area contributed by atoms with Crippen LogP contribution in [0.5, 0.6) is 0 Å². The molecule has 174 valence electrons. The maximum Gasteiger partial charge on any atom is 0.255 e. The predicted octanol–water partition coefficient (Wildman–Crippen LogP) is 4.54. The van der Waals surface area contributed by atoms with E-state index in [-0.39, 0.29) is 17.8 Å². The van der Waals surface area contributed by atoms with Gasteiger partial charge in [0.2, 0.25) is 0 Å². The van der Waals surface area contributed by atoms with Gasteiger partial charge in [0.15, 0.2) is 0 Å². The van der Waals surface area contributed by atoms with Crippen LogP contribution in [0.4, 0.5) is 4.39 Å². The van der Waals surface area contributed by atoms with Crippen molar-refractivity contribution >= 4 is 17.2 Å². The molecule has 4 aromatic rings. The molecule has 0 spiro atoms. The van der Waals surface area contributed by atoms with Crippen LogP contribution >= 0.6 is 11.3 Å². The van der Waals surface area contributed by atoms with E-state index in [1.807, 2.05) is 47.8 Å². The van der Waals surface area contributed by atoms with Crippen molar-refractivity contribution in [2.75, 3.05) is 32.8 Å². The van der Waals surface area contributed by atoms with Gasteiger partial charge in [0.05, 0.1) is 35.4 Å². The highest BCUT2D eigenvalue weighted by atomic mass is 32.1. The Balaban J connectivity index is 1.41. The van der Waals surface area contributed by atoms with E-state index in [1.165, 1.54) is 12.1 Å². The molecule has 1 saturated heterocycles. The van der Waals surface area contributed by atoms with Crippen molar-refractivity contribution in [1.82, 2.24) is 20.0 Å². The largest absolute Gasteiger partial charge is 0.379 e. The Bertz CT molecular complexity index is 1220. The molecule has 0 radical (unpaired) electrons. The number of nitrogens with zero attached hydrogens (tertiary/aromatic N) is 3. The zero-order valence-corrected chi connectivity index (χ0v) is 19.4. The highest BCUT2D eigenvalue weighted by molar-refractivity contribution is 7.13. The zero-order valence-electron chi connectivity index (χ0n) is 18.6. The summed E-state index contributed by atoms with van der Waals surface area (Å²) < 4.78 is 20.8. The molecule has 1 N–H and O–H groups in total.